The van der Waals surface area contributed by atoms with Crippen LogP contribution in [0.5, 0.6) is 0 Å². The summed E-state index contributed by atoms with van der Waals surface area (Å²) in [6.45, 7) is 10.0. The monoisotopic (exact) mass is 196 g/mol. The average Bonchev–Trinajstić information content (AvgIpc) is 2.05. The van der Waals surface area contributed by atoms with Crippen molar-refractivity contribution < 1.29 is 0 Å². The lowest BCUT2D eigenvalue weighted by atomic mass is 9.85. The smallest absolute Gasteiger partial charge is 0.0120 e. The molecule has 0 N–H and O–H groups in total. The third-order valence-electron chi connectivity index (χ3n) is 4.09. The highest BCUT2D eigenvalue weighted by Crippen LogP contribution is 2.28. The number of hydrogen-bond acceptors (Lipinski definition) is 2. The Balaban J connectivity index is 1.72. The first-order valence-corrected chi connectivity index (χ1v) is 6.09. The number of nitrogens with zero attached hydrogens (tertiary/aromatic N) is 2. The lowest BCUT2D eigenvalue weighted by molar-refractivity contribution is 0.00442. The van der Waals surface area contributed by atoms with Crippen LogP contribution >= 0.6 is 0 Å². The first-order valence-electron chi connectivity index (χ1n) is 6.09. The summed E-state index contributed by atoms with van der Waals surface area (Å²) >= 11 is 0. The minimum atomic E-state index is 0.887. The van der Waals surface area contributed by atoms with E-state index in [9.17, 15) is 0 Å². The standard InChI is InChI=1S/C12H24N2/c1-10(2)11-8-14(9-11)12-4-6-13(3)7-5-12/h10-12H,4-9H2,1-3H3. The van der Waals surface area contributed by atoms with Gasteiger partial charge in [-0.1, -0.05) is 13.8 Å². The van der Waals surface area contributed by atoms with Gasteiger partial charge in [0.05, 0.1) is 0 Å². The van der Waals surface area contributed by atoms with Crippen LogP contribution in [0.25, 0.3) is 0 Å². The largest absolute Gasteiger partial charge is 0.306 e. The summed E-state index contributed by atoms with van der Waals surface area (Å²) < 4.78 is 0. The molecule has 0 aromatic rings. The van der Waals surface area contributed by atoms with Gasteiger partial charge in [0.15, 0.2) is 0 Å². The predicted molar refractivity (Wildman–Crippen MR) is 60.4 cm³/mol. The fraction of sp³-hybridized carbons (Fsp3) is 1.00. The van der Waals surface area contributed by atoms with Crippen LogP contribution in [-0.2, 0) is 0 Å². The molecule has 0 unspecified atom stereocenters. The molecular formula is C12H24N2. The highest BCUT2D eigenvalue weighted by Gasteiger charge is 2.34. The van der Waals surface area contributed by atoms with E-state index in [2.05, 4.69) is 30.7 Å². The Morgan fingerprint density at radius 1 is 1.07 bits per heavy atom. The van der Waals surface area contributed by atoms with Gasteiger partial charge in [-0.15, -0.1) is 0 Å². The van der Waals surface area contributed by atoms with Gasteiger partial charge in [0.1, 0.15) is 0 Å². The molecule has 0 bridgehead atoms. The molecule has 82 valence electrons. The van der Waals surface area contributed by atoms with Crippen LogP contribution in [0.4, 0.5) is 0 Å². The summed E-state index contributed by atoms with van der Waals surface area (Å²) in [7, 11) is 2.24. The maximum Gasteiger partial charge on any atom is 0.0120 e. The second kappa shape index (κ2) is 4.19. The first-order chi connectivity index (χ1) is 6.66. The molecule has 0 aromatic heterocycles. The summed E-state index contributed by atoms with van der Waals surface area (Å²) in [6, 6.07) is 0.904. The first kappa shape index (κ1) is 10.4. The molecule has 0 saturated carbocycles. The Bertz CT molecular complexity index is 177. The molecule has 2 saturated heterocycles. The van der Waals surface area contributed by atoms with Crippen LogP contribution < -0.4 is 0 Å². The number of hydrogen-bond donors (Lipinski definition) is 0. The van der Waals surface area contributed by atoms with Gasteiger partial charge in [0.25, 0.3) is 0 Å². The van der Waals surface area contributed by atoms with Gasteiger partial charge >= 0.3 is 0 Å². The van der Waals surface area contributed by atoms with Crippen molar-refractivity contribution in [1.82, 2.24) is 9.80 Å². The second-order valence-electron chi connectivity index (χ2n) is 5.49. The summed E-state index contributed by atoms with van der Waals surface area (Å²) in [5, 5.41) is 0. The van der Waals surface area contributed by atoms with Crippen molar-refractivity contribution in [3.8, 4) is 0 Å². The van der Waals surface area contributed by atoms with E-state index in [1.165, 1.54) is 39.0 Å². The van der Waals surface area contributed by atoms with E-state index in [0.29, 0.717) is 0 Å². The molecule has 0 amide bonds. The van der Waals surface area contributed by atoms with Crippen LogP contribution in [0.1, 0.15) is 26.7 Å². The molecule has 2 rings (SSSR count). The molecule has 0 spiro atoms. The van der Waals surface area contributed by atoms with E-state index in [0.717, 1.165) is 17.9 Å². The van der Waals surface area contributed by atoms with Gasteiger partial charge in [0, 0.05) is 19.1 Å². The zero-order chi connectivity index (χ0) is 10.1. The van der Waals surface area contributed by atoms with Crippen molar-refractivity contribution in [2.24, 2.45) is 11.8 Å². The molecule has 0 radical (unpaired) electrons. The molecule has 2 heterocycles. The molecule has 2 nitrogen and oxygen atoms in total. The van der Waals surface area contributed by atoms with E-state index in [-0.39, 0.29) is 0 Å². The van der Waals surface area contributed by atoms with Crippen molar-refractivity contribution in [2.45, 2.75) is 32.7 Å². The van der Waals surface area contributed by atoms with Gasteiger partial charge < -0.3 is 4.90 Å². The summed E-state index contributed by atoms with van der Waals surface area (Å²) in [6.07, 6.45) is 2.78. The predicted octanol–water partition coefficient (Wildman–Crippen LogP) is 1.67. The van der Waals surface area contributed by atoms with E-state index >= 15 is 0 Å². The van der Waals surface area contributed by atoms with Crippen molar-refractivity contribution >= 4 is 0 Å². The quantitative estimate of drug-likeness (QED) is 0.663. The Morgan fingerprint density at radius 2 is 1.64 bits per heavy atom. The van der Waals surface area contributed by atoms with Gasteiger partial charge in [0.2, 0.25) is 0 Å². The SMILES string of the molecule is CC(C)C1CN(C2CCN(C)CC2)C1. The molecule has 2 aliphatic rings. The molecule has 2 fully saturated rings. The fourth-order valence-electron chi connectivity index (χ4n) is 2.63. The fourth-order valence-corrected chi connectivity index (χ4v) is 2.63. The van der Waals surface area contributed by atoms with Gasteiger partial charge in [-0.3, -0.25) is 4.90 Å². The van der Waals surface area contributed by atoms with Gasteiger partial charge in [-0.25, -0.2) is 0 Å². The minimum absolute atomic E-state index is 0.887. The molecule has 0 atom stereocenters. The van der Waals surface area contributed by atoms with Crippen LogP contribution in [0, 0.1) is 11.8 Å². The maximum atomic E-state index is 2.71. The summed E-state index contributed by atoms with van der Waals surface area (Å²) in [4.78, 5) is 5.16. The highest BCUT2D eigenvalue weighted by atomic mass is 15.2. The molecule has 2 aliphatic heterocycles. The summed E-state index contributed by atoms with van der Waals surface area (Å²) in [5.74, 6) is 1.87. The Hall–Kier alpha value is -0.0800. The Morgan fingerprint density at radius 3 is 2.14 bits per heavy atom. The van der Waals surface area contributed by atoms with Crippen molar-refractivity contribution in [2.75, 3.05) is 33.2 Å². The van der Waals surface area contributed by atoms with Crippen molar-refractivity contribution in [1.29, 1.82) is 0 Å². The lowest BCUT2D eigenvalue weighted by Gasteiger charge is -2.48. The van der Waals surface area contributed by atoms with Gasteiger partial charge in [-0.05, 0) is 44.8 Å². The maximum absolute atomic E-state index is 2.71. The normalized spacial score (nSPS) is 28.3. The Labute approximate surface area is 88.3 Å². The van der Waals surface area contributed by atoms with E-state index < -0.39 is 0 Å². The lowest BCUT2D eigenvalue weighted by Crippen LogP contribution is -2.56. The zero-order valence-electron chi connectivity index (χ0n) is 9.87. The van der Waals surface area contributed by atoms with Crippen LogP contribution in [0.15, 0.2) is 0 Å². The highest BCUT2D eigenvalue weighted by molar-refractivity contribution is 4.89. The second-order valence-corrected chi connectivity index (χ2v) is 5.49. The number of likely N-dealkylation sites (tertiary alicyclic amines) is 2. The minimum Gasteiger partial charge on any atom is -0.306 e. The molecular weight excluding hydrogens is 172 g/mol. The number of rotatable bonds is 2. The van der Waals surface area contributed by atoms with Crippen LogP contribution in [-0.4, -0.2) is 49.1 Å². The van der Waals surface area contributed by atoms with Crippen molar-refractivity contribution in [3.63, 3.8) is 0 Å². The topological polar surface area (TPSA) is 6.48 Å². The molecule has 2 heteroatoms. The number of piperidine rings is 1. The van der Waals surface area contributed by atoms with Gasteiger partial charge in [-0.2, -0.15) is 0 Å². The van der Waals surface area contributed by atoms with E-state index in [1.807, 2.05) is 0 Å². The average molecular weight is 196 g/mol. The van der Waals surface area contributed by atoms with E-state index in [1.54, 1.807) is 0 Å². The molecule has 0 aromatic carbocycles. The summed E-state index contributed by atoms with van der Waals surface area (Å²) in [5.41, 5.74) is 0. The van der Waals surface area contributed by atoms with Crippen LogP contribution in [0.3, 0.4) is 0 Å². The molecule has 14 heavy (non-hydrogen) atoms. The van der Waals surface area contributed by atoms with E-state index in [4.69, 9.17) is 0 Å². The Kier molecular flexibility index (Phi) is 3.13. The van der Waals surface area contributed by atoms with Crippen LogP contribution in [0.2, 0.25) is 0 Å². The van der Waals surface area contributed by atoms with Crippen molar-refractivity contribution in [3.05, 3.63) is 0 Å². The third kappa shape index (κ3) is 2.12. The molecule has 0 aliphatic carbocycles. The zero-order valence-corrected chi connectivity index (χ0v) is 9.87. The third-order valence-corrected chi connectivity index (χ3v) is 4.09.